The van der Waals surface area contributed by atoms with Crippen molar-refractivity contribution in [2.75, 3.05) is 16.8 Å². The van der Waals surface area contributed by atoms with Crippen LogP contribution in [0.4, 0.5) is 17.5 Å². The Balaban J connectivity index is 1.76. The molecule has 0 amide bonds. The Morgan fingerprint density at radius 3 is 2.46 bits per heavy atom. The lowest BCUT2D eigenvalue weighted by atomic mass is 10.2. The van der Waals surface area contributed by atoms with Crippen LogP contribution in [0.3, 0.4) is 0 Å². The van der Waals surface area contributed by atoms with Gasteiger partial charge in [-0.3, -0.25) is 0 Å². The van der Waals surface area contributed by atoms with Crippen LogP contribution in [0.5, 0.6) is 0 Å². The van der Waals surface area contributed by atoms with Gasteiger partial charge in [-0.1, -0.05) is 46.3 Å². The lowest BCUT2D eigenvalue weighted by Crippen LogP contribution is -2.24. The molecule has 4 nitrogen and oxygen atoms in total. The Morgan fingerprint density at radius 2 is 1.75 bits per heavy atom. The minimum Gasteiger partial charge on any atom is -0.340 e. The van der Waals surface area contributed by atoms with Gasteiger partial charge >= 0.3 is 0 Å². The second kappa shape index (κ2) is 7.93. The molecule has 0 spiro atoms. The van der Waals surface area contributed by atoms with Crippen LogP contribution in [-0.2, 0) is 6.54 Å². The zero-order chi connectivity index (χ0) is 16.8. The normalized spacial score (nSPS) is 10.4. The predicted molar refractivity (Wildman–Crippen MR) is 103 cm³/mol. The topological polar surface area (TPSA) is 41.1 Å². The highest BCUT2D eigenvalue weighted by Gasteiger charge is 2.09. The first-order valence-corrected chi connectivity index (χ1v) is 8.68. The van der Waals surface area contributed by atoms with Crippen LogP contribution in [0.15, 0.2) is 71.3 Å². The molecule has 5 heteroatoms. The van der Waals surface area contributed by atoms with Crippen molar-refractivity contribution in [3.63, 3.8) is 0 Å². The van der Waals surface area contributed by atoms with Gasteiger partial charge in [0, 0.05) is 29.4 Å². The molecule has 3 aromatic rings. The molecule has 0 fully saturated rings. The molecule has 0 radical (unpaired) electrons. The summed E-state index contributed by atoms with van der Waals surface area (Å²) in [6, 6.07) is 20.3. The summed E-state index contributed by atoms with van der Waals surface area (Å²) >= 11 is 3.44. The lowest BCUT2D eigenvalue weighted by molar-refractivity contribution is 0.792. The molecule has 1 N–H and O–H groups in total. The second-order valence-electron chi connectivity index (χ2n) is 5.37. The quantitative estimate of drug-likeness (QED) is 0.650. The molecule has 1 aromatic heterocycles. The van der Waals surface area contributed by atoms with Crippen LogP contribution in [0.2, 0.25) is 0 Å². The molecule has 2 aromatic carbocycles. The third kappa shape index (κ3) is 4.32. The predicted octanol–water partition coefficient (Wildman–Crippen LogP) is 5.01. The maximum atomic E-state index is 4.65. The van der Waals surface area contributed by atoms with Crippen molar-refractivity contribution in [3.05, 3.63) is 76.9 Å². The van der Waals surface area contributed by atoms with E-state index in [9.17, 15) is 0 Å². The third-order valence-corrected chi connectivity index (χ3v) is 4.17. The fraction of sp³-hybridized carbons (Fsp3) is 0.158. The number of aromatic nitrogens is 2. The number of hydrogen-bond donors (Lipinski definition) is 1. The standard InChI is InChI=1S/C19H19BrN4/c1-2-24(14-15-6-4-3-5-7-15)19-21-13-12-18(23-19)22-17-10-8-16(20)9-11-17/h3-13H,2,14H2,1H3,(H,21,22,23). The van der Waals surface area contributed by atoms with E-state index in [1.165, 1.54) is 5.56 Å². The van der Waals surface area contributed by atoms with Crippen LogP contribution in [-0.4, -0.2) is 16.5 Å². The molecule has 0 bridgehead atoms. The van der Waals surface area contributed by atoms with Crippen molar-refractivity contribution in [2.24, 2.45) is 0 Å². The van der Waals surface area contributed by atoms with Crippen molar-refractivity contribution in [1.82, 2.24) is 9.97 Å². The van der Waals surface area contributed by atoms with Crippen LogP contribution in [0.1, 0.15) is 12.5 Å². The number of nitrogens with one attached hydrogen (secondary N) is 1. The van der Waals surface area contributed by atoms with Gasteiger partial charge in [-0.05, 0) is 42.8 Å². The number of rotatable bonds is 6. The molecule has 0 saturated heterocycles. The average Bonchev–Trinajstić information content (AvgIpc) is 2.63. The largest absolute Gasteiger partial charge is 0.340 e. The van der Waals surface area contributed by atoms with E-state index < -0.39 is 0 Å². The van der Waals surface area contributed by atoms with E-state index in [4.69, 9.17) is 0 Å². The van der Waals surface area contributed by atoms with Crippen LogP contribution >= 0.6 is 15.9 Å². The Morgan fingerprint density at radius 1 is 1.00 bits per heavy atom. The summed E-state index contributed by atoms with van der Waals surface area (Å²) in [7, 11) is 0. The van der Waals surface area contributed by atoms with Crippen molar-refractivity contribution < 1.29 is 0 Å². The summed E-state index contributed by atoms with van der Waals surface area (Å²) in [6.07, 6.45) is 1.79. The van der Waals surface area contributed by atoms with Gasteiger partial charge in [0.25, 0.3) is 0 Å². The van der Waals surface area contributed by atoms with Gasteiger partial charge in [-0.15, -0.1) is 0 Å². The number of anilines is 3. The fourth-order valence-corrected chi connectivity index (χ4v) is 2.64. The van der Waals surface area contributed by atoms with Crippen molar-refractivity contribution in [3.8, 4) is 0 Å². The highest BCUT2D eigenvalue weighted by atomic mass is 79.9. The number of benzene rings is 2. The van der Waals surface area contributed by atoms with Crippen LogP contribution < -0.4 is 10.2 Å². The zero-order valence-electron chi connectivity index (χ0n) is 13.5. The van der Waals surface area contributed by atoms with Crippen LogP contribution in [0, 0.1) is 0 Å². The zero-order valence-corrected chi connectivity index (χ0v) is 15.1. The van der Waals surface area contributed by atoms with Gasteiger partial charge in [0.2, 0.25) is 5.95 Å². The molecule has 122 valence electrons. The molecule has 0 saturated carbocycles. The molecule has 0 aliphatic carbocycles. The summed E-state index contributed by atoms with van der Waals surface area (Å²) in [5.41, 5.74) is 2.24. The van der Waals surface area contributed by atoms with E-state index in [1.807, 2.05) is 36.4 Å². The summed E-state index contributed by atoms with van der Waals surface area (Å²) < 4.78 is 1.05. The second-order valence-corrected chi connectivity index (χ2v) is 6.29. The Hall–Kier alpha value is -2.40. The van der Waals surface area contributed by atoms with Gasteiger partial charge in [0.05, 0.1) is 0 Å². The molecule has 0 aliphatic rings. The highest BCUT2D eigenvalue weighted by molar-refractivity contribution is 9.10. The minimum absolute atomic E-state index is 0.725. The Kier molecular flexibility index (Phi) is 5.43. The molecular formula is C19H19BrN4. The van der Waals surface area contributed by atoms with Crippen LogP contribution in [0.25, 0.3) is 0 Å². The minimum atomic E-state index is 0.725. The van der Waals surface area contributed by atoms with E-state index in [1.54, 1.807) is 6.20 Å². The molecule has 0 atom stereocenters. The molecule has 0 unspecified atom stereocenters. The van der Waals surface area contributed by atoms with Crippen molar-refractivity contribution >= 4 is 33.4 Å². The molecule has 3 rings (SSSR count). The van der Waals surface area contributed by atoms with Gasteiger partial charge < -0.3 is 10.2 Å². The fourth-order valence-electron chi connectivity index (χ4n) is 2.38. The first kappa shape index (κ1) is 16.5. The van der Waals surface area contributed by atoms with Gasteiger partial charge in [0.15, 0.2) is 0 Å². The summed E-state index contributed by atoms with van der Waals surface area (Å²) in [5.74, 6) is 1.51. The third-order valence-electron chi connectivity index (χ3n) is 3.64. The lowest BCUT2D eigenvalue weighted by Gasteiger charge is -2.21. The Labute approximate surface area is 150 Å². The maximum Gasteiger partial charge on any atom is 0.227 e. The first-order valence-electron chi connectivity index (χ1n) is 7.89. The summed E-state index contributed by atoms with van der Waals surface area (Å²) in [5, 5.41) is 3.32. The van der Waals surface area contributed by atoms with E-state index in [0.29, 0.717) is 0 Å². The molecule has 0 aliphatic heterocycles. The first-order chi connectivity index (χ1) is 11.7. The van der Waals surface area contributed by atoms with E-state index in [2.05, 4.69) is 67.3 Å². The molecular weight excluding hydrogens is 364 g/mol. The smallest absolute Gasteiger partial charge is 0.227 e. The highest BCUT2D eigenvalue weighted by Crippen LogP contribution is 2.20. The van der Waals surface area contributed by atoms with Crippen molar-refractivity contribution in [1.29, 1.82) is 0 Å². The molecule has 1 heterocycles. The van der Waals surface area contributed by atoms with E-state index >= 15 is 0 Å². The number of nitrogens with zero attached hydrogens (tertiary/aromatic N) is 3. The monoisotopic (exact) mass is 382 g/mol. The van der Waals surface area contributed by atoms with Gasteiger partial charge in [-0.25, -0.2) is 4.98 Å². The average molecular weight is 383 g/mol. The van der Waals surface area contributed by atoms with Gasteiger partial charge in [-0.2, -0.15) is 4.98 Å². The summed E-state index contributed by atoms with van der Waals surface area (Å²) in [6.45, 7) is 3.75. The number of halogens is 1. The maximum absolute atomic E-state index is 4.65. The SMILES string of the molecule is CCN(Cc1ccccc1)c1nccc(Nc2ccc(Br)cc2)n1. The number of hydrogen-bond acceptors (Lipinski definition) is 4. The Bertz CT molecular complexity index is 775. The molecule has 24 heavy (non-hydrogen) atoms. The van der Waals surface area contributed by atoms with Crippen molar-refractivity contribution in [2.45, 2.75) is 13.5 Å². The van der Waals surface area contributed by atoms with E-state index in [0.717, 1.165) is 35.0 Å². The van der Waals surface area contributed by atoms with E-state index in [-0.39, 0.29) is 0 Å². The van der Waals surface area contributed by atoms with Gasteiger partial charge in [0.1, 0.15) is 5.82 Å². The summed E-state index contributed by atoms with van der Waals surface area (Å²) in [4.78, 5) is 11.2.